The van der Waals surface area contributed by atoms with Crippen LogP contribution in [0.15, 0.2) is 6.20 Å². The van der Waals surface area contributed by atoms with E-state index >= 15 is 0 Å². The van der Waals surface area contributed by atoms with Crippen molar-refractivity contribution < 1.29 is 14.7 Å². The van der Waals surface area contributed by atoms with Gasteiger partial charge in [0.2, 0.25) is 0 Å². The van der Waals surface area contributed by atoms with Crippen molar-refractivity contribution in [1.29, 1.82) is 0 Å². The molecular weight excluding hydrogens is 282 g/mol. The number of H-pyrrole nitrogens is 1. The van der Waals surface area contributed by atoms with Crippen molar-refractivity contribution in [3.63, 3.8) is 0 Å². The van der Waals surface area contributed by atoms with E-state index in [1.165, 1.54) is 19.3 Å². The lowest BCUT2D eigenvalue weighted by molar-refractivity contribution is -0.139. The van der Waals surface area contributed by atoms with E-state index in [1.54, 1.807) is 6.20 Å². The van der Waals surface area contributed by atoms with Crippen LogP contribution in [0.25, 0.3) is 0 Å². The Labute approximate surface area is 128 Å². The fourth-order valence-electron chi connectivity index (χ4n) is 4.40. The molecule has 1 saturated heterocycles. The quantitative estimate of drug-likeness (QED) is 0.892. The molecule has 1 aromatic heterocycles. The molecule has 0 aromatic carbocycles. The largest absolute Gasteiger partial charge is 0.481 e. The highest BCUT2D eigenvalue weighted by Crippen LogP contribution is 2.52. The lowest BCUT2D eigenvalue weighted by Crippen LogP contribution is -2.33. The molecule has 3 atom stereocenters. The minimum absolute atomic E-state index is 0.0191. The lowest BCUT2D eigenvalue weighted by atomic mass is 9.85. The molecule has 3 aliphatic rings. The highest BCUT2D eigenvalue weighted by Gasteiger charge is 2.60. The van der Waals surface area contributed by atoms with Gasteiger partial charge in [0, 0.05) is 19.0 Å². The van der Waals surface area contributed by atoms with Crippen molar-refractivity contribution in [1.82, 2.24) is 15.1 Å². The van der Waals surface area contributed by atoms with Gasteiger partial charge in [-0.3, -0.25) is 14.7 Å². The average Bonchev–Trinajstić information content (AvgIpc) is 2.93. The van der Waals surface area contributed by atoms with Gasteiger partial charge < -0.3 is 10.0 Å². The van der Waals surface area contributed by atoms with Crippen LogP contribution < -0.4 is 0 Å². The van der Waals surface area contributed by atoms with E-state index < -0.39 is 5.97 Å². The van der Waals surface area contributed by atoms with Crippen molar-refractivity contribution in [2.45, 2.75) is 38.0 Å². The Balaban J connectivity index is 1.46. The van der Waals surface area contributed by atoms with Gasteiger partial charge in [-0.05, 0) is 24.7 Å². The number of hydrogen-bond acceptors (Lipinski definition) is 3. The van der Waals surface area contributed by atoms with E-state index in [9.17, 15) is 9.59 Å². The number of amides is 1. The van der Waals surface area contributed by atoms with Crippen LogP contribution in [-0.4, -0.2) is 45.2 Å². The normalized spacial score (nSPS) is 31.1. The van der Waals surface area contributed by atoms with Crippen molar-refractivity contribution in [2.24, 2.45) is 17.8 Å². The number of carboxylic acid groups (broad SMARTS) is 1. The number of nitrogens with zero attached hydrogens (tertiary/aromatic N) is 2. The molecule has 0 bridgehead atoms. The van der Waals surface area contributed by atoms with Crippen LogP contribution in [0.2, 0.25) is 0 Å². The smallest absolute Gasteiger partial charge is 0.307 e. The zero-order valence-electron chi connectivity index (χ0n) is 12.5. The minimum Gasteiger partial charge on any atom is -0.481 e. The Bertz CT molecular complexity index is 594. The molecule has 6 nitrogen and oxygen atoms in total. The maximum Gasteiger partial charge on any atom is 0.307 e. The number of carbonyl (C=O) groups is 2. The zero-order chi connectivity index (χ0) is 15.3. The zero-order valence-corrected chi connectivity index (χ0v) is 12.5. The summed E-state index contributed by atoms with van der Waals surface area (Å²) in [5.74, 6) is -0.192. The van der Waals surface area contributed by atoms with Crippen molar-refractivity contribution in [2.75, 3.05) is 13.1 Å². The molecule has 2 heterocycles. The van der Waals surface area contributed by atoms with Crippen LogP contribution >= 0.6 is 0 Å². The number of aromatic amines is 1. The molecule has 2 N–H and O–H groups in total. The Morgan fingerprint density at radius 1 is 1.18 bits per heavy atom. The predicted molar refractivity (Wildman–Crippen MR) is 78.4 cm³/mol. The van der Waals surface area contributed by atoms with Gasteiger partial charge in [0.25, 0.3) is 5.91 Å². The summed E-state index contributed by atoms with van der Waals surface area (Å²) in [7, 11) is 0. The molecule has 2 aliphatic carbocycles. The fourth-order valence-corrected chi connectivity index (χ4v) is 4.40. The van der Waals surface area contributed by atoms with E-state index in [4.69, 9.17) is 5.11 Å². The Hall–Kier alpha value is -1.85. The molecule has 0 radical (unpaired) electrons. The summed E-state index contributed by atoms with van der Waals surface area (Å²) >= 11 is 0. The van der Waals surface area contributed by atoms with Gasteiger partial charge in [0.1, 0.15) is 0 Å². The summed E-state index contributed by atoms with van der Waals surface area (Å²) in [5.41, 5.74) is 1.68. The standard InChI is InChI=1S/C16H21N3O3/c20-15(19-7-11-12(8-19)13(11)16(21)22)10-6-17-18-14(10)9-4-2-1-3-5-9/h6,9,11-13H,1-5,7-8H2,(H,17,18)(H,21,22)/t11-,12+,13?. The van der Waals surface area contributed by atoms with Gasteiger partial charge >= 0.3 is 5.97 Å². The number of carbonyl (C=O) groups excluding carboxylic acids is 1. The second-order valence-corrected chi connectivity index (χ2v) is 6.93. The topological polar surface area (TPSA) is 86.3 Å². The van der Waals surface area contributed by atoms with Crippen LogP contribution in [0.1, 0.15) is 54.1 Å². The van der Waals surface area contributed by atoms with Crippen molar-refractivity contribution in [3.8, 4) is 0 Å². The van der Waals surface area contributed by atoms with Gasteiger partial charge in [-0.2, -0.15) is 5.10 Å². The summed E-state index contributed by atoms with van der Waals surface area (Å²) in [6, 6.07) is 0. The summed E-state index contributed by atoms with van der Waals surface area (Å²) < 4.78 is 0. The van der Waals surface area contributed by atoms with E-state index in [1.807, 2.05) is 4.90 Å². The number of hydrogen-bond donors (Lipinski definition) is 2. The molecule has 118 valence electrons. The Kier molecular flexibility index (Phi) is 3.20. The van der Waals surface area contributed by atoms with Crippen LogP contribution in [0.3, 0.4) is 0 Å². The van der Waals surface area contributed by atoms with Gasteiger partial charge in [-0.25, -0.2) is 0 Å². The van der Waals surface area contributed by atoms with Gasteiger partial charge in [-0.15, -0.1) is 0 Å². The Morgan fingerprint density at radius 2 is 1.86 bits per heavy atom. The second-order valence-electron chi connectivity index (χ2n) is 6.93. The highest BCUT2D eigenvalue weighted by atomic mass is 16.4. The maximum absolute atomic E-state index is 12.7. The third-order valence-electron chi connectivity index (χ3n) is 5.68. The molecule has 4 rings (SSSR count). The number of piperidine rings is 1. The lowest BCUT2D eigenvalue weighted by Gasteiger charge is -2.23. The van der Waals surface area contributed by atoms with Gasteiger partial charge in [-0.1, -0.05) is 19.3 Å². The van der Waals surface area contributed by atoms with Gasteiger partial charge in [0.05, 0.1) is 23.4 Å². The summed E-state index contributed by atoms with van der Waals surface area (Å²) in [5, 5.41) is 16.2. The van der Waals surface area contributed by atoms with E-state index in [-0.39, 0.29) is 23.7 Å². The van der Waals surface area contributed by atoms with Crippen LogP contribution in [-0.2, 0) is 4.79 Å². The van der Waals surface area contributed by atoms with E-state index in [0.717, 1.165) is 18.5 Å². The van der Waals surface area contributed by atoms with Crippen LogP contribution in [0.4, 0.5) is 0 Å². The minimum atomic E-state index is -0.715. The number of carboxylic acids is 1. The van der Waals surface area contributed by atoms with Gasteiger partial charge in [0.15, 0.2) is 0 Å². The molecule has 1 amide bonds. The fraction of sp³-hybridized carbons (Fsp3) is 0.688. The Morgan fingerprint density at radius 3 is 2.50 bits per heavy atom. The number of likely N-dealkylation sites (tertiary alicyclic amines) is 1. The first-order valence-electron chi connectivity index (χ1n) is 8.22. The highest BCUT2D eigenvalue weighted by molar-refractivity contribution is 5.95. The molecule has 22 heavy (non-hydrogen) atoms. The number of aliphatic carboxylic acids is 1. The second kappa shape index (κ2) is 5.11. The van der Waals surface area contributed by atoms with Crippen LogP contribution in [0.5, 0.6) is 0 Å². The predicted octanol–water partition coefficient (Wildman–Crippen LogP) is 1.86. The van der Waals surface area contributed by atoms with Crippen molar-refractivity contribution >= 4 is 11.9 Å². The van der Waals surface area contributed by atoms with Crippen LogP contribution in [0, 0.1) is 17.8 Å². The number of nitrogens with one attached hydrogen (secondary N) is 1. The maximum atomic E-state index is 12.7. The van der Waals surface area contributed by atoms with Crippen molar-refractivity contribution in [3.05, 3.63) is 17.5 Å². The third kappa shape index (κ3) is 2.12. The molecule has 2 saturated carbocycles. The summed E-state index contributed by atoms with van der Waals surface area (Å²) in [6.45, 7) is 1.16. The molecule has 6 heteroatoms. The summed E-state index contributed by atoms with van der Waals surface area (Å²) in [4.78, 5) is 25.6. The first-order valence-corrected chi connectivity index (χ1v) is 8.22. The van der Waals surface area contributed by atoms with E-state index in [2.05, 4.69) is 10.2 Å². The molecule has 1 unspecified atom stereocenters. The number of fused-ring (bicyclic) bond motifs is 1. The molecular formula is C16H21N3O3. The molecule has 0 spiro atoms. The van der Waals surface area contributed by atoms with E-state index in [0.29, 0.717) is 24.6 Å². The number of rotatable bonds is 3. The first-order chi connectivity index (χ1) is 10.7. The average molecular weight is 303 g/mol. The molecule has 3 fully saturated rings. The molecule has 1 aliphatic heterocycles. The first kappa shape index (κ1) is 13.8. The molecule has 1 aromatic rings. The monoisotopic (exact) mass is 303 g/mol. The third-order valence-corrected chi connectivity index (χ3v) is 5.68. The number of aromatic nitrogens is 2. The SMILES string of the molecule is O=C(O)C1[C@H]2CN(C(=O)c3cn[nH]c3C3CCCCC3)C[C@@H]12. The summed E-state index contributed by atoms with van der Waals surface area (Å²) in [6.07, 6.45) is 7.59.